The van der Waals surface area contributed by atoms with Gasteiger partial charge in [0, 0.05) is 6.20 Å². The number of methoxy groups -OCH3 is 1. The van der Waals surface area contributed by atoms with Gasteiger partial charge in [0.1, 0.15) is 23.0 Å². The molecule has 0 amide bonds. The van der Waals surface area contributed by atoms with Crippen molar-refractivity contribution in [3.8, 4) is 5.75 Å². The van der Waals surface area contributed by atoms with Crippen molar-refractivity contribution >= 4 is 11.6 Å². The molecule has 0 saturated heterocycles. The standard InChI is InChI=1S/C13H11F2N3O2.C6H14.C2H6/c1-6-17-5-7(13(16)18-6)12(19)10-9(20-2)4-3-8(14)11(10)15;1-3-5-6-4-2;1-2/h3-5H,1-2H3,(H2,16,17,18);3-6H2,1-2H3;1-2H3. The fraction of sp³-hybridized carbons (Fsp3) is 0.476. The molecule has 28 heavy (non-hydrogen) atoms. The van der Waals surface area contributed by atoms with E-state index in [2.05, 4.69) is 23.8 Å². The molecule has 0 saturated carbocycles. The topological polar surface area (TPSA) is 78.1 Å². The lowest BCUT2D eigenvalue weighted by molar-refractivity contribution is 0.103. The Hall–Kier alpha value is -2.57. The van der Waals surface area contributed by atoms with E-state index in [1.165, 1.54) is 39.0 Å². The molecule has 0 aliphatic heterocycles. The molecule has 2 aromatic rings. The number of aryl methyl sites for hydroxylation is 1. The Morgan fingerprint density at radius 2 is 1.71 bits per heavy atom. The molecule has 2 rings (SSSR count). The van der Waals surface area contributed by atoms with Gasteiger partial charge in [-0.05, 0) is 19.1 Å². The number of anilines is 1. The van der Waals surface area contributed by atoms with Crippen LogP contribution in [0.5, 0.6) is 5.75 Å². The second kappa shape index (κ2) is 13.6. The van der Waals surface area contributed by atoms with Gasteiger partial charge in [-0.1, -0.05) is 53.4 Å². The van der Waals surface area contributed by atoms with Gasteiger partial charge in [0.15, 0.2) is 11.6 Å². The molecule has 5 nitrogen and oxygen atoms in total. The number of hydrogen-bond acceptors (Lipinski definition) is 5. The van der Waals surface area contributed by atoms with Gasteiger partial charge in [-0.2, -0.15) is 0 Å². The van der Waals surface area contributed by atoms with Crippen molar-refractivity contribution in [3.63, 3.8) is 0 Å². The van der Waals surface area contributed by atoms with Crippen LogP contribution in [0.4, 0.5) is 14.6 Å². The summed E-state index contributed by atoms with van der Waals surface area (Å²) in [6.45, 7) is 10.1. The first-order valence-corrected chi connectivity index (χ1v) is 9.53. The van der Waals surface area contributed by atoms with Crippen LogP contribution in [0.1, 0.15) is 75.1 Å². The number of ketones is 1. The first-order chi connectivity index (χ1) is 13.4. The summed E-state index contributed by atoms with van der Waals surface area (Å²) in [6.07, 6.45) is 6.71. The van der Waals surface area contributed by atoms with E-state index < -0.39 is 23.0 Å². The van der Waals surface area contributed by atoms with Crippen molar-refractivity contribution in [1.29, 1.82) is 0 Å². The number of nitrogen functional groups attached to an aromatic ring is 1. The zero-order chi connectivity index (χ0) is 21.7. The van der Waals surface area contributed by atoms with Crippen LogP contribution in [0.2, 0.25) is 0 Å². The van der Waals surface area contributed by atoms with Gasteiger partial charge < -0.3 is 10.5 Å². The molecular weight excluding hydrogens is 364 g/mol. The molecule has 0 aliphatic carbocycles. The van der Waals surface area contributed by atoms with Crippen molar-refractivity contribution in [3.05, 3.63) is 46.9 Å². The van der Waals surface area contributed by atoms with Crippen LogP contribution in [-0.4, -0.2) is 22.9 Å². The fourth-order valence-electron chi connectivity index (χ4n) is 2.21. The highest BCUT2D eigenvalue weighted by Crippen LogP contribution is 2.27. The third kappa shape index (κ3) is 7.21. The smallest absolute Gasteiger partial charge is 0.205 e. The zero-order valence-electron chi connectivity index (χ0n) is 17.6. The number of carbonyl (C=O) groups is 1. The number of aromatic nitrogens is 2. The highest BCUT2D eigenvalue weighted by molar-refractivity contribution is 6.13. The van der Waals surface area contributed by atoms with Crippen molar-refractivity contribution in [2.24, 2.45) is 0 Å². The average Bonchev–Trinajstić information content (AvgIpc) is 2.70. The number of unbranched alkanes of at least 4 members (excludes halogenated alkanes) is 3. The van der Waals surface area contributed by atoms with Crippen LogP contribution in [0, 0.1) is 18.6 Å². The highest BCUT2D eigenvalue weighted by Gasteiger charge is 2.24. The summed E-state index contributed by atoms with van der Waals surface area (Å²) in [5.74, 6) is -3.11. The number of nitrogens with two attached hydrogens (primary N) is 1. The number of benzene rings is 1. The Morgan fingerprint density at radius 3 is 2.18 bits per heavy atom. The van der Waals surface area contributed by atoms with E-state index in [0.717, 1.165) is 12.1 Å². The molecule has 0 radical (unpaired) electrons. The van der Waals surface area contributed by atoms with Gasteiger partial charge in [-0.25, -0.2) is 18.7 Å². The molecule has 0 spiro atoms. The van der Waals surface area contributed by atoms with Gasteiger partial charge in [-0.15, -0.1) is 0 Å². The molecule has 2 N–H and O–H groups in total. The van der Waals surface area contributed by atoms with Crippen molar-refractivity contribution in [2.45, 2.75) is 60.3 Å². The Labute approximate surface area is 166 Å². The summed E-state index contributed by atoms with van der Waals surface area (Å²) in [7, 11) is 1.25. The number of ether oxygens (including phenoxy) is 1. The first kappa shape index (κ1) is 25.4. The number of hydrogen-bond donors (Lipinski definition) is 1. The molecule has 0 fully saturated rings. The van der Waals surface area contributed by atoms with Gasteiger partial charge in [-0.3, -0.25) is 4.79 Å². The lowest BCUT2D eigenvalue weighted by Crippen LogP contribution is -2.12. The molecule has 1 aromatic heterocycles. The van der Waals surface area contributed by atoms with Crippen molar-refractivity contribution < 1.29 is 18.3 Å². The Morgan fingerprint density at radius 1 is 1.14 bits per heavy atom. The van der Waals surface area contributed by atoms with E-state index >= 15 is 0 Å². The molecular formula is C21H31F2N3O2. The minimum absolute atomic E-state index is 0.0890. The zero-order valence-corrected chi connectivity index (χ0v) is 17.6. The van der Waals surface area contributed by atoms with E-state index in [9.17, 15) is 13.6 Å². The molecule has 0 bridgehead atoms. The Bertz CT molecular complexity index is 749. The van der Waals surface area contributed by atoms with Gasteiger partial charge in [0.2, 0.25) is 5.78 Å². The monoisotopic (exact) mass is 395 g/mol. The summed E-state index contributed by atoms with van der Waals surface area (Å²) >= 11 is 0. The molecule has 0 aliphatic rings. The van der Waals surface area contributed by atoms with E-state index in [-0.39, 0.29) is 17.1 Å². The maximum atomic E-state index is 13.8. The summed E-state index contributed by atoms with van der Waals surface area (Å²) < 4.78 is 32.0. The lowest BCUT2D eigenvalue weighted by atomic mass is 10.0. The van der Waals surface area contributed by atoms with E-state index in [1.807, 2.05) is 13.8 Å². The maximum absolute atomic E-state index is 13.8. The van der Waals surface area contributed by atoms with E-state index in [4.69, 9.17) is 10.5 Å². The third-order valence-corrected chi connectivity index (χ3v) is 3.64. The SMILES string of the molecule is CC.CCCCCC.COc1ccc(F)c(F)c1C(=O)c1cnc(C)nc1N. The van der Waals surface area contributed by atoms with Crippen LogP contribution in [0.3, 0.4) is 0 Å². The van der Waals surface area contributed by atoms with Gasteiger partial charge >= 0.3 is 0 Å². The molecule has 0 unspecified atom stereocenters. The number of halogens is 2. The summed E-state index contributed by atoms with van der Waals surface area (Å²) in [4.78, 5) is 19.9. The quantitative estimate of drug-likeness (QED) is 0.516. The van der Waals surface area contributed by atoms with E-state index in [1.54, 1.807) is 6.92 Å². The van der Waals surface area contributed by atoms with E-state index in [0.29, 0.717) is 5.82 Å². The number of nitrogens with zero attached hydrogens (tertiary/aromatic N) is 2. The second-order valence-corrected chi connectivity index (χ2v) is 5.69. The number of carbonyl (C=O) groups excluding carboxylic acids is 1. The normalized spacial score (nSPS) is 9.57. The third-order valence-electron chi connectivity index (χ3n) is 3.64. The van der Waals surface area contributed by atoms with Crippen LogP contribution >= 0.6 is 0 Å². The molecule has 1 heterocycles. The van der Waals surface area contributed by atoms with Gasteiger partial charge in [0.05, 0.1) is 12.7 Å². The highest BCUT2D eigenvalue weighted by atomic mass is 19.2. The molecule has 1 aromatic carbocycles. The average molecular weight is 395 g/mol. The summed E-state index contributed by atoms with van der Waals surface area (Å²) in [5.41, 5.74) is 4.96. The molecule has 156 valence electrons. The van der Waals surface area contributed by atoms with Crippen molar-refractivity contribution in [2.75, 3.05) is 12.8 Å². The van der Waals surface area contributed by atoms with Crippen LogP contribution in [-0.2, 0) is 0 Å². The molecule has 0 atom stereocenters. The minimum Gasteiger partial charge on any atom is -0.496 e. The van der Waals surface area contributed by atoms with Crippen LogP contribution in [0.15, 0.2) is 18.3 Å². The fourth-order valence-corrected chi connectivity index (χ4v) is 2.21. The summed E-state index contributed by atoms with van der Waals surface area (Å²) in [5, 5.41) is 0. The first-order valence-electron chi connectivity index (χ1n) is 9.53. The Balaban J connectivity index is 0.000000780. The predicted octanol–water partition coefficient (Wildman–Crippen LogP) is 5.50. The minimum atomic E-state index is -1.30. The maximum Gasteiger partial charge on any atom is 0.205 e. The number of rotatable bonds is 6. The summed E-state index contributed by atoms with van der Waals surface area (Å²) in [6, 6.07) is 2.04. The predicted molar refractivity (Wildman–Crippen MR) is 109 cm³/mol. The van der Waals surface area contributed by atoms with Crippen LogP contribution < -0.4 is 10.5 Å². The molecule has 7 heteroatoms. The Kier molecular flexibility index (Phi) is 12.3. The van der Waals surface area contributed by atoms with Crippen molar-refractivity contribution in [1.82, 2.24) is 9.97 Å². The van der Waals surface area contributed by atoms with Crippen LogP contribution in [0.25, 0.3) is 0 Å². The van der Waals surface area contributed by atoms with Gasteiger partial charge in [0.25, 0.3) is 0 Å². The second-order valence-electron chi connectivity index (χ2n) is 5.69. The largest absolute Gasteiger partial charge is 0.496 e. The lowest BCUT2D eigenvalue weighted by Gasteiger charge is -2.10.